The normalized spacial score (nSPS) is 17.8. The highest BCUT2D eigenvalue weighted by atomic mass is 32.1. The average Bonchev–Trinajstić information content (AvgIpc) is 3.70. The van der Waals surface area contributed by atoms with Crippen molar-refractivity contribution >= 4 is 23.2 Å². The first-order valence-electron chi connectivity index (χ1n) is 13.3. The number of furan rings is 1. The van der Waals surface area contributed by atoms with Crippen LogP contribution in [0.1, 0.15) is 48.8 Å². The number of hydrogen-bond acceptors (Lipinski definition) is 9. The number of aryl methyl sites for hydroxylation is 1. The molecule has 1 aliphatic heterocycles. The first-order valence-corrected chi connectivity index (χ1v) is 14.2. The summed E-state index contributed by atoms with van der Waals surface area (Å²) in [5.41, 5.74) is 0. The molecule has 2 aliphatic rings. The summed E-state index contributed by atoms with van der Waals surface area (Å²) in [5, 5.41) is 17.7. The van der Waals surface area contributed by atoms with Crippen LogP contribution in [0.3, 0.4) is 0 Å². The molecule has 2 fully saturated rings. The van der Waals surface area contributed by atoms with Gasteiger partial charge in [-0.1, -0.05) is 25.3 Å². The van der Waals surface area contributed by atoms with Crippen molar-refractivity contribution in [2.75, 3.05) is 39.4 Å². The standard InChI is InChI=1S/C26H35N7O4S/c1-19-9-10-21(37-19)25-28-30-33(29-25)18-23(34)32(12-11-31-13-15-36-16-14-31)24(22-8-5-17-38-22)26(35)27-20-6-3-2-4-7-20/h5,8-10,17,20,24H,2-4,6-7,11-16,18H2,1H3,(H,27,35). The number of carbonyl (C=O) groups is 2. The number of morpholine rings is 1. The van der Waals surface area contributed by atoms with E-state index in [4.69, 9.17) is 9.15 Å². The number of nitrogens with one attached hydrogen (secondary N) is 1. The smallest absolute Gasteiger partial charge is 0.248 e. The van der Waals surface area contributed by atoms with Crippen LogP contribution >= 0.6 is 11.3 Å². The maximum atomic E-state index is 13.8. The van der Waals surface area contributed by atoms with Gasteiger partial charge in [0.25, 0.3) is 0 Å². The molecule has 1 saturated carbocycles. The molecular formula is C26H35N7O4S. The molecule has 204 valence electrons. The van der Waals surface area contributed by atoms with Crippen LogP contribution in [0.4, 0.5) is 0 Å². The molecule has 1 N–H and O–H groups in total. The van der Waals surface area contributed by atoms with E-state index >= 15 is 0 Å². The van der Waals surface area contributed by atoms with Gasteiger partial charge in [-0.2, -0.15) is 4.80 Å². The maximum Gasteiger partial charge on any atom is 0.248 e. The minimum Gasteiger partial charge on any atom is -0.458 e. The number of amides is 2. The Balaban J connectivity index is 1.36. The van der Waals surface area contributed by atoms with Crippen molar-refractivity contribution in [2.24, 2.45) is 0 Å². The number of tetrazole rings is 1. The molecule has 38 heavy (non-hydrogen) atoms. The van der Waals surface area contributed by atoms with Gasteiger partial charge >= 0.3 is 0 Å². The van der Waals surface area contributed by atoms with Gasteiger partial charge in [0, 0.05) is 37.1 Å². The SMILES string of the molecule is Cc1ccc(-c2nnn(CC(=O)N(CCN3CCOCC3)C(C(=O)NC3CCCCC3)c3cccs3)n2)o1. The number of aromatic nitrogens is 4. The monoisotopic (exact) mass is 541 g/mol. The Morgan fingerprint density at radius 2 is 2.00 bits per heavy atom. The van der Waals surface area contributed by atoms with E-state index < -0.39 is 6.04 Å². The zero-order chi connectivity index (χ0) is 26.3. The second-order valence-electron chi connectivity index (χ2n) is 9.86. The molecule has 0 bridgehead atoms. The highest BCUT2D eigenvalue weighted by molar-refractivity contribution is 7.10. The molecule has 0 aromatic carbocycles. The zero-order valence-corrected chi connectivity index (χ0v) is 22.6. The lowest BCUT2D eigenvalue weighted by molar-refractivity contribution is -0.142. The fourth-order valence-electron chi connectivity index (χ4n) is 5.05. The van der Waals surface area contributed by atoms with Crippen molar-refractivity contribution in [3.8, 4) is 11.6 Å². The van der Waals surface area contributed by atoms with Crippen molar-refractivity contribution in [1.29, 1.82) is 0 Å². The second kappa shape index (κ2) is 12.6. The van der Waals surface area contributed by atoms with Crippen molar-refractivity contribution in [3.63, 3.8) is 0 Å². The molecule has 1 atom stereocenters. The Kier molecular flexibility index (Phi) is 8.82. The molecule has 12 heteroatoms. The molecule has 5 rings (SSSR count). The number of rotatable bonds is 10. The van der Waals surface area contributed by atoms with E-state index in [-0.39, 0.29) is 24.4 Å². The van der Waals surface area contributed by atoms with Crippen LogP contribution in [0.15, 0.2) is 34.1 Å². The number of carbonyl (C=O) groups excluding carboxylic acids is 2. The quantitative estimate of drug-likeness (QED) is 0.416. The Morgan fingerprint density at radius 1 is 1.18 bits per heavy atom. The van der Waals surface area contributed by atoms with Crippen molar-refractivity contribution in [2.45, 2.75) is 57.7 Å². The van der Waals surface area contributed by atoms with Gasteiger partial charge in [0.15, 0.2) is 5.76 Å². The van der Waals surface area contributed by atoms with Crippen molar-refractivity contribution in [1.82, 2.24) is 35.3 Å². The minimum atomic E-state index is -0.721. The number of thiophene rings is 1. The Hall–Kier alpha value is -3.09. The van der Waals surface area contributed by atoms with Crippen LogP contribution in [0, 0.1) is 6.92 Å². The number of hydrogen-bond donors (Lipinski definition) is 1. The van der Waals surface area contributed by atoms with E-state index in [0.29, 0.717) is 37.9 Å². The molecule has 3 aromatic heterocycles. The van der Waals surface area contributed by atoms with E-state index in [1.165, 1.54) is 22.6 Å². The topological polar surface area (TPSA) is 119 Å². The third-order valence-electron chi connectivity index (χ3n) is 7.10. The highest BCUT2D eigenvalue weighted by Gasteiger charge is 2.34. The molecular weight excluding hydrogens is 506 g/mol. The summed E-state index contributed by atoms with van der Waals surface area (Å²) >= 11 is 1.49. The Morgan fingerprint density at radius 3 is 2.71 bits per heavy atom. The molecule has 2 amide bonds. The van der Waals surface area contributed by atoms with Gasteiger partial charge in [-0.25, -0.2) is 0 Å². The zero-order valence-electron chi connectivity index (χ0n) is 21.8. The summed E-state index contributed by atoms with van der Waals surface area (Å²) in [6, 6.07) is 6.87. The minimum absolute atomic E-state index is 0.131. The third kappa shape index (κ3) is 6.66. The molecule has 0 spiro atoms. The lowest BCUT2D eigenvalue weighted by Crippen LogP contribution is -2.50. The van der Waals surface area contributed by atoms with Gasteiger partial charge in [0.05, 0.1) is 13.2 Å². The summed E-state index contributed by atoms with van der Waals surface area (Å²) in [7, 11) is 0. The van der Waals surface area contributed by atoms with E-state index in [9.17, 15) is 9.59 Å². The van der Waals surface area contributed by atoms with Crippen LogP contribution in [0.5, 0.6) is 0 Å². The second-order valence-corrected chi connectivity index (χ2v) is 10.8. The first-order chi connectivity index (χ1) is 18.6. The highest BCUT2D eigenvalue weighted by Crippen LogP contribution is 2.28. The van der Waals surface area contributed by atoms with Gasteiger partial charge in [0.2, 0.25) is 17.6 Å². The van der Waals surface area contributed by atoms with Gasteiger partial charge < -0.3 is 19.4 Å². The molecule has 1 saturated heterocycles. The number of ether oxygens (including phenoxy) is 1. The van der Waals surface area contributed by atoms with Gasteiger partial charge in [-0.15, -0.1) is 21.5 Å². The fraction of sp³-hybridized carbons (Fsp3) is 0.577. The van der Waals surface area contributed by atoms with Crippen LogP contribution in [0.25, 0.3) is 11.6 Å². The summed E-state index contributed by atoms with van der Waals surface area (Å²) < 4.78 is 11.1. The molecule has 1 aliphatic carbocycles. The predicted molar refractivity (Wildman–Crippen MR) is 141 cm³/mol. The van der Waals surface area contributed by atoms with E-state index in [0.717, 1.165) is 49.4 Å². The van der Waals surface area contributed by atoms with Crippen molar-refractivity contribution < 1.29 is 18.7 Å². The molecule has 0 radical (unpaired) electrons. The Bertz CT molecular complexity index is 1180. The van der Waals surface area contributed by atoms with Crippen LogP contribution in [0.2, 0.25) is 0 Å². The molecule has 11 nitrogen and oxygen atoms in total. The lowest BCUT2D eigenvalue weighted by atomic mass is 9.95. The van der Waals surface area contributed by atoms with Gasteiger partial charge in [-0.05, 0) is 48.6 Å². The van der Waals surface area contributed by atoms with E-state index in [2.05, 4.69) is 25.6 Å². The third-order valence-corrected chi connectivity index (χ3v) is 8.02. The summed E-state index contributed by atoms with van der Waals surface area (Å²) in [4.78, 5) is 33.6. The predicted octanol–water partition coefficient (Wildman–Crippen LogP) is 2.65. The maximum absolute atomic E-state index is 13.8. The molecule has 3 aromatic rings. The van der Waals surface area contributed by atoms with E-state index in [1.807, 2.05) is 30.5 Å². The van der Waals surface area contributed by atoms with Crippen LogP contribution in [-0.4, -0.2) is 87.3 Å². The summed E-state index contributed by atoms with van der Waals surface area (Å²) in [6.45, 7) is 5.70. The van der Waals surface area contributed by atoms with E-state index in [1.54, 1.807) is 11.0 Å². The average molecular weight is 542 g/mol. The molecule has 4 heterocycles. The largest absolute Gasteiger partial charge is 0.458 e. The molecule has 1 unspecified atom stereocenters. The van der Waals surface area contributed by atoms with Crippen LogP contribution in [-0.2, 0) is 20.9 Å². The first kappa shape index (κ1) is 26.5. The van der Waals surface area contributed by atoms with Gasteiger partial charge in [-0.3, -0.25) is 14.5 Å². The summed E-state index contributed by atoms with van der Waals surface area (Å²) in [6.07, 6.45) is 5.38. The summed E-state index contributed by atoms with van der Waals surface area (Å²) in [5.74, 6) is 1.18. The van der Waals surface area contributed by atoms with Crippen LogP contribution < -0.4 is 5.32 Å². The van der Waals surface area contributed by atoms with Crippen molar-refractivity contribution in [3.05, 3.63) is 40.3 Å². The number of nitrogens with zero attached hydrogens (tertiary/aromatic N) is 6. The Labute approximate surface area is 226 Å². The lowest BCUT2D eigenvalue weighted by Gasteiger charge is -2.35. The van der Waals surface area contributed by atoms with Gasteiger partial charge in [0.1, 0.15) is 18.3 Å². The fourth-order valence-corrected chi connectivity index (χ4v) is 5.88.